The van der Waals surface area contributed by atoms with E-state index >= 15 is 0 Å². The summed E-state index contributed by atoms with van der Waals surface area (Å²) < 4.78 is 5.44. The molecule has 30 heavy (non-hydrogen) atoms. The van der Waals surface area contributed by atoms with Crippen molar-refractivity contribution in [3.63, 3.8) is 0 Å². The van der Waals surface area contributed by atoms with Crippen molar-refractivity contribution < 1.29 is 19.1 Å². The lowest BCUT2D eigenvalue weighted by Crippen LogP contribution is -2.23. The molecule has 0 aliphatic carbocycles. The van der Waals surface area contributed by atoms with Crippen LogP contribution in [0.5, 0.6) is 5.75 Å². The largest absolute Gasteiger partial charge is 0.496 e. The maximum Gasteiger partial charge on any atom is 0.253 e. The lowest BCUT2D eigenvalue weighted by molar-refractivity contribution is 0.0819. The van der Waals surface area contributed by atoms with Gasteiger partial charge in [0.2, 0.25) is 0 Å². The summed E-state index contributed by atoms with van der Waals surface area (Å²) in [7, 11) is 8.31. The maximum atomic E-state index is 12.6. The van der Waals surface area contributed by atoms with Gasteiger partial charge in [-0.15, -0.1) is 0 Å². The molecule has 0 saturated carbocycles. The number of methoxy groups -OCH3 is 1. The third-order valence-corrected chi connectivity index (χ3v) is 4.71. The molecule has 6 nitrogen and oxygen atoms in total. The Kier molecular flexibility index (Phi) is 7.53. The first-order valence-corrected chi connectivity index (χ1v) is 9.66. The molecule has 0 unspecified atom stereocenters. The molecule has 0 spiro atoms. The van der Waals surface area contributed by atoms with Crippen molar-refractivity contribution in [2.45, 2.75) is 13.3 Å². The molecule has 0 radical (unpaired) electrons. The lowest BCUT2D eigenvalue weighted by Gasteiger charge is -2.16. The summed E-state index contributed by atoms with van der Waals surface area (Å²) in [6.07, 6.45) is 3.83. The second kappa shape index (κ2) is 9.87. The van der Waals surface area contributed by atoms with E-state index in [9.17, 15) is 14.4 Å². The van der Waals surface area contributed by atoms with Crippen LogP contribution in [0.2, 0.25) is 0 Å². The van der Waals surface area contributed by atoms with E-state index in [1.807, 2.05) is 13.0 Å². The number of allylic oxidation sites excluding steroid dienone is 1. The van der Waals surface area contributed by atoms with Crippen LogP contribution in [0.15, 0.2) is 42.5 Å². The Morgan fingerprint density at radius 3 is 1.97 bits per heavy atom. The van der Waals surface area contributed by atoms with Gasteiger partial charge in [-0.1, -0.05) is 19.1 Å². The van der Waals surface area contributed by atoms with Crippen LogP contribution in [0.1, 0.15) is 49.1 Å². The van der Waals surface area contributed by atoms with Crippen molar-refractivity contribution in [1.82, 2.24) is 9.80 Å². The van der Waals surface area contributed by atoms with Gasteiger partial charge in [-0.05, 0) is 48.4 Å². The Morgan fingerprint density at radius 2 is 1.47 bits per heavy atom. The number of hydrogen-bond donors (Lipinski definition) is 0. The number of ketones is 1. The predicted molar refractivity (Wildman–Crippen MR) is 118 cm³/mol. The zero-order valence-electron chi connectivity index (χ0n) is 18.4. The fourth-order valence-corrected chi connectivity index (χ4v) is 2.98. The molecule has 2 aromatic rings. The van der Waals surface area contributed by atoms with Crippen molar-refractivity contribution in [3.05, 3.63) is 70.3 Å². The summed E-state index contributed by atoms with van der Waals surface area (Å²) in [4.78, 5) is 40.0. The summed E-state index contributed by atoms with van der Waals surface area (Å²) in [5.74, 6) is 0.124. The first kappa shape index (κ1) is 22.9. The van der Waals surface area contributed by atoms with E-state index in [0.29, 0.717) is 28.9 Å². The average molecular weight is 408 g/mol. The topological polar surface area (TPSA) is 66.9 Å². The molecule has 0 heterocycles. The molecule has 2 rings (SSSR count). The van der Waals surface area contributed by atoms with Gasteiger partial charge in [-0.2, -0.15) is 0 Å². The van der Waals surface area contributed by atoms with Gasteiger partial charge < -0.3 is 14.5 Å². The predicted octanol–water partition coefficient (Wildman–Crippen LogP) is 3.56. The number of nitrogens with zero attached hydrogens (tertiary/aromatic N) is 2. The third kappa shape index (κ3) is 5.14. The highest BCUT2D eigenvalue weighted by Gasteiger charge is 2.16. The maximum absolute atomic E-state index is 12.6. The molecule has 2 aromatic carbocycles. The highest BCUT2D eigenvalue weighted by molar-refractivity contribution is 6.07. The monoisotopic (exact) mass is 408 g/mol. The Hall–Kier alpha value is -3.41. The number of amides is 2. The molecule has 0 N–H and O–H groups in total. The minimum Gasteiger partial charge on any atom is -0.496 e. The standard InChI is InChI=1S/C24H28N2O4/c1-7-16-14-19(22(30-6)15-20(16)24(29)26(4)5)12-13-21(27)17-8-10-18(11-9-17)23(28)25(2)3/h8-15H,7H2,1-6H3/b13-12+. The van der Waals surface area contributed by atoms with E-state index in [4.69, 9.17) is 4.74 Å². The fourth-order valence-electron chi connectivity index (χ4n) is 2.98. The number of ether oxygens (including phenoxy) is 1. The number of carbonyl (C=O) groups is 3. The van der Waals surface area contributed by atoms with Crippen LogP contribution in [-0.2, 0) is 6.42 Å². The van der Waals surface area contributed by atoms with Crippen LogP contribution in [0.4, 0.5) is 0 Å². The van der Waals surface area contributed by atoms with Crippen LogP contribution in [-0.4, -0.2) is 62.7 Å². The first-order chi connectivity index (χ1) is 14.2. The zero-order chi connectivity index (χ0) is 22.4. The molecule has 0 aliphatic rings. The van der Waals surface area contributed by atoms with Crippen LogP contribution >= 0.6 is 0 Å². The van der Waals surface area contributed by atoms with E-state index in [1.54, 1.807) is 64.6 Å². The molecule has 158 valence electrons. The lowest BCUT2D eigenvalue weighted by atomic mass is 9.99. The van der Waals surface area contributed by atoms with Gasteiger partial charge >= 0.3 is 0 Å². The summed E-state index contributed by atoms with van der Waals surface area (Å²) in [6, 6.07) is 10.1. The average Bonchev–Trinajstić information content (AvgIpc) is 2.75. The van der Waals surface area contributed by atoms with Gasteiger partial charge in [0.05, 0.1) is 7.11 Å². The Bertz CT molecular complexity index is 973. The molecule has 0 bridgehead atoms. The molecule has 0 saturated heterocycles. The number of aryl methyl sites for hydroxylation is 1. The zero-order valence-corrected chi connectivity index (χ0v) is 18.4. The van der Waals surface area contributed by atoms with Gasteiger partial charge in [0.1, 0.15) is 5.75 Å². The molecular formula is C24H28N2O4. The molecule has 0 fully saturated rings. The van der Waals surface area contributed by atoms with E-state index in [1.165, 1.54) is 23.0 Å². The summed E-state index contributed by atoms with van der Waals surface area (Å²) in [6.45, 7) is 1.98. The van der Waals surface area contributed by atoms with E-state index in [2.05, 4.69) is 0 Å². The summed E-state index contributed by atoms with van der Waals surface area (Å²) >= 11 is 0. The number of carbonyl (C=O) groups excluding carboxylic acids is 3. The minimum absolute atomic E-state index is 0.0934. The smallest absolute Gasteiger partial charge is 0.253 e. The first-order valence-electron chi connectivity index (χ1n) is 9.66. The van der Waals surface area contributed by atoms with Gasteiger partial charge in [0, 0.05) is 50.4 Å². The highest BCUT2D eigenvalue weighted by atomic mass is 16.5. The number of benzene rings is 2. The third-order valence-electron chi connectivity index (χ3n) is 4.71. The SMILES string of the molecule is CCc1cc(/C=C/C(=O)c2ccc(C(=O)N(C)C)cc2)c(OC)cc1C(=O)N(C)C. The second-order valence-corrected chi connectivity index (χ2v) is 7.28. The quantitative estimate of drug-likeness (QED) is 0.519. The minimum atomic E-state index is -0.188. The highest BCUT2D eigenvalue weighted by Crippen LogP contribution is 2.26. The van der Waals surface area contributed by atoms with Crippen molar-refractivity contribution in [3.8, 4) is 5.75 Å². The van der Waals surface area contributed by atoms with E-state index in [-0.39, 0.29) is 17.6 Å². The van der Waals surface area contributed by atoms with Crippen LogP contribution in [0.25, 0.3) is 6.08 Å². The van der Waals surface area contributed by atoms with Crippen molar-refractivity contribution in [2.24, 2.45) is 0 Å². The van der Waals surface area contributed by atoms with Gasteiger partial charge in [0.25, 0.3) is 11.8 Å². The molecule has 2 amide bonds. The van der Waals surface area contributed by atoms with Crippen molar-refractivity contribution in [1.29, 1.82) is 0 Å². The van der Waals surface area contributed by atoms with E-state index < -0.39 is 0 Å². The van der Waals surface area contributed by atoms with Crippen molar-refractivity contribution >= 4 is 23.7 Å². The Balaban J connectivity index is 2.31. The molecule has 6 heteroatoms. The summed E-state index contributed by atoms with van der Waals surface area (Å²) in [5, 5.41) is 0. The Morgan fingerprint density at radius 1 is 0.900 bits per heavy atom. The second-order valence-electron chi connectivity index (χ2n) is 7.28. The Labute approximate surface area is 177 Å². The molecule has 0 aromatic heterocycles. The van der Waals surface area contributed by atoms with Crippen molar-refractivity contribution in [2.75, 3.05) is 35.3 Å². The number of hydrogen-bond acceptors (Lipinski definition) is 4. The normalized spacial score (nSPS) is 10.7. The van der Waals surface area contributed by atoms with E-state index in [0.717, 1.165) is 11.1 Å². The summed E-state index contributed by atoms with van der Waals surface area (Å²) in [5.41, 5.74) is 3.20. The fraction of sp³-hybridized carbons (Fsp3) is 0.292. The number of rotatable bonds is 7. The molecular weight excluding hydrogens is 380 g/mol. The van der Waals surface area contributed by atoms with Gasteiger partial charge in [-0.25, -0.2) is 0 Å². The van der Waals surface area contributed by atoms with Crippen LogP contribution < -0.4 is 4.74 Å². The van der Waals surface area contributed by atoms with Gasteiger partial charge in [0.15, 0.2) is 5.78 Å². The van der Waals surface area contributed by atoms with Crippen LogP contribution in [0, 0.1) is 0 Å². The van der Waals surface area contributed by atoms with Gasteiger partial charge in [-0.3, -0.25) is 14.4 Å². The molecule has 0 atom stereocenters. The molecule has 0 aliphatic heterocycles. The van der Waals surface area contributed by atoms with Crippen LogP contribution in [0.3, 0.4) is 0 Å².